The van der Waals surface area contributed by atoms with Gasteiger partial charge in [-0.1, -0.05) is 44.2 Å². The Morgan fingerprint density at radius 1 is 1.23 bits per heavy atom. The number of carbonyl (C=O) groups is 2. The van der Waals surface area contributed by atoms with Crippen LogP contribution in [0.2, 0.25) is 0 Å². The minimum Gasteiger partial charge on any atom is -0.460 e. The van der Waals surface area contributed by atoms with Gasteiger partial charge in [0.25, 0.3) is 0 Å². The number of nitrogens with zero attached hydrogens (tertiary/aromatic N) is 1. The normalized spacial score (nSPS) is 14.5. The van der Waals surface area contributed by atoms with Gasteiger partial charge in [-0.2, -0.15) is 5.10 Å². The Labute approximate surface area is 186 Å². The van der Waals surface area contributed by atoms with Crippen LogP contribution in [0.1, 0.15) is 46.5 Å². The van der Waals surface area contributed by atoms with Gasteiger partial charge in [0.1, 0.15) is 12.3 Å². The lowest BCUT2D eigenvalue weighted by Crippen LogP contribution is -2.29. The van der Waals surface area contributed by atoms with Gasteiger partial charge in [0, 0.05) is 18.2 Å². The number of ether oxygens (including phenoxy) is 2. The predicted octanol–water partition coefficient (Wildman–Crippen LogP) is 3.95. The summed E-state index contributed by atoms with van der Waals surface area (Å²) in [6.07, 6.45) is 17.7. The molecule has 0 spiro atoms. The van der Waals surface area contributed by atoms with Crippen LogP contribution in [0.15, 0.2) is 66.1 Å². The first kappa shape index (κ1) is 28.1. The van der Waals surface area contributed by atoms with Crippen molar-refractivity contribution in [2.75, 3.05) is 13.2 Å². The lowest BCUT2D eigenvalue weighted by atomic mass is 9.90. The third-order valence-electron chi connectivity index (χ3n) is 4.23. The molecular formula is C24H37N3O4. The van der Waals surface area contributed by atoms with Crippen molar-refractivity contribution < 1.29 is 19.1 Å². The molecule has 3 N–H and O–H groups in total. The van der Waals surface area contributed by atoms with Gasteiger partial charge in [-0.15, -0.1) is 0 Å². The quantitative estimate of drug-likeness (QED) is 0.0528. The summed E-state index contributed by atoms with van der Waals surface area (Å²) in [4.78, 5) is 23.1. The number of hydrazone groups is 1. The zero-order valence-corrected chi connectivity index (χ0v) is 19.0. The number of hydrogen-bond donors (Lipinski definition) is 2. The molecule has 0 bridgehead atoms. The third kappa shape index (κ3) is 14.7. The molecule has 7 nitrogen and oxygen atoms in total. The second-order valence-corrected chi connectivity index (χ2v) is 6.86. The molecule has 0 aromatic rings. The van der Waals surface area contributed by atoms with E-state index < -0.39 is 5.97 Å². The molecule has 0 aromatic carbocycles. The molecule has 0 aromatic heterocycles. The molecule has 7 heteroatoms. The smallest absolute Gasteiger partial charge is 0.333 e. The van der Waals surface area contributed by atoms with Gasteiger partial charge in [-0.25, -0.2) is 4.79 Å². The number of hydrogen-bond acceptors (Lipinski definition) is 7. The SMILES string of the molecule is C=C(C)C(=O)OCCOC(CC(C=O)=NNC=CC=CC=CN)C(C/C=C/C)CCC. The number of carbonyl (C=O) groups excluding carboxylic acids is 2. The number of allylic oxidation sites excluding steroid dienone is 6. The molecule has 0 aliphatic heterocycles. The van der Waals surface area contributed by atoms with Gasteiger partial charge in [0.2, 0.25) is 0 Å². The Morgan fingerprint density at radius 2 is 1.97 bits per heavy atom. The summed E-state index contributed by atoms with van der Waals surface area (Å²) in [5.74, 6) is -0.231. The number of aldehydes is 1. The van der Waals surface area contributed by atoms with E-state index in [9.17, 15) is 9.59 Å². The van der Waals surface area contributed by atoms with Crippen LogP contribution in [0, 0.1) is 5.92 Å². The summed E-state index contributed by atoms with van der Waals surface area (Å²) >= 11 is 0. The molecule has 0 saturated heterocycles. The van der Waals surface area contributed by atoms with Crippen LogP contribution in [-0.2, 0) is 19.1 Å². The molecule has 2 atom stereocenters. The number of rotatable bonds is 17. The standard InChI is InChI=1S/C24H37N3O4/c1-5-7-13-21(12-6-2)23(30-16-17-31-24(29)20(3)4)18-22(19-28)27-26-15-11-9-8-10-14-25/h5,7-11,14-15,19,21,23,26H,3,6,12-13,16-18,25H2,1-2,4H3/b7-5+,9-8?,14-10?,15-11?,27-22?. The Morgan fingerprint density at radius 3 is 2.58 bits per heavy atom. The van der Waals surface area contributed by atoms with Gasteiger partial charge < -0.3 is 15.2 Å². The second-order valence-electron chi connectivity index (χ2n) is 6.86. The summed E-state index contributed by atoms with van der Waals surface area (Å²) in [7, 11) is 0. The topological polar surface area (TPSA) is 103 Å². The largest absolute Gasteiger partial charge is 0.460 e. The van der Waals surface area contributed by atoms with Crippen LogP contribution in [0.3, 0.4) is 0 Å². The molecule has 172 valence electrons. The molecule has 0 heterocycles. The molecule has 0 aliphatic carbocycles. The van der Waals surface area contributed by atoms with Crippen molar-refractivity contribution in [2.24, 2.45) is 16.8 Å². The van der Waals surface area contributed by atoms with Crippen molar-refractivity contribution >= 4 is 18.0 Å². The van der Waals surface area contributed by atoms with E-state index >= 15 is 0 Å². The van der Waals surface area contributed by atoms with Crippen molar-refractivity contribution in [3.63, 3.8) is 0 Å². The second kappa shape index (κ2) is 19.1. The number of nitrogens with two attached hydrogens (primary N) is 1. The zero-order chi connectivity index (χ0) is 23.3. The van der Waals surface area contributed by atoms with E-state index in [-0.39, 0.29) is 25.2 Å². The van der Waals surface area contributed by atoms with Crippen LogP contribution in [0.4, 0.5) is 0 Å². The molecule has 0 rings (SSSR count). The van der Waals surface area contributed by atoms with E-state index in [1.165, 1.54) is 6.20 Å². The average Bonchev–Trinajstić information content (AvgIpc) is 2.76. The highest BCUT2D eigenvalue weighted by Crippen LogP contribution is 2.22. The van der Waals surface area contributed by atoms with Crippen LogP contribution >= 0.6 is 0 Å². The van der Waals surface area contributed by atoms with Gasteiger partial charge in [-0.05, 0) is 51.0 Å². The highest BCUT2D eigenvalue weighted by molar-refractivity contribution is 6.28. The Bertz CT molecular complexity index is 678. The fraction of sp³-hybridized carbons (Fsp3) is 0.458. The molecule has 0 fully saturated rings. The van der Waals surface area contributed by atoms with E-state index in [4.69, 9.17) is 15.2 Å². The monoisotopic (exact) mass is 431 g/mol. The fourth-order valence-corrected chi connectivity index (χ4v) is 2.69. The molecule has 0 aliphatic rings. The van der Waals surface area contributed by atoms with Crippen molar-refractivity contribution in [3.05, 3.63) is 61.0 Å². The van der Waals surface area contributed by atoms with Crippen LogP contribution in [-0.4, -0.2) is 37.3 Å². The first-order valence-corrected chi connectivity index (χ1v) is 10.5. The van der Waals surface area contributed by atoms with E-state index in [0.29, 0.717) is 17.7 Å². The maximum atomic E-state index is 11.6. The first-order valence-electron chi connectivity index (χ1n) is 10.5. The highest BCUT2D eigenvalue weighted by Gasteiger charge is 2.23. The summed E-state index contributed by atoms with van der Waals surface area (Å²) < 4.78 is 11.1. The number of esters is 1. The maximum absolute atomic E-state index is 11.6. The average molecular weight is 432 g/mol. The Hall–Kier alpha value is -2.93. The minimum absolute atomic E-state index is 0.128. The predicted molar refractivity (Wildman–Crippen MR) is 126 cm³/mol. The van der Waals surface area contributed by atoms with E-state index in [0.717, 1.165) is 25.5 Å². The van der Waals surface area contributed by atoms with Crippen LogP contribution in [0.25, 0.3) is 0 Å². The molecule has 0 saturated carbocycles. The van der Waals surface area contributed by atoms with Crippen LogP contribution in [0.5, 0.6) is 0 Å². The van der Waals surface area contributed by atoms with Crippen LogP contribution < -0.4 is 11.2 Å². The Balaban J connectivity index is 5.11. The molecule has 0 amide bonds. The lowest BCUT2D eigenvalue weighted by molar-refractivity contribution is -0.141. The molecule has 31 heavy (non-hydrogen) atoms. The highest BCUT2D eigenvalue weighted by atomic mass is 16.6. The summed E-state index contributed by atoms with van der Waals surface area (Å²) in [5, 5.41) is 4.14. The van der Waals surface area contributed by atoms with Crippen molar-refractivity contribution in [2.45, 2.75) is 52.6 Å². The Kier molecular flexibility index (Phi) is 17.3. The van der Waals surface area contributed by atoms with Gasteiger partial charge in [0.05, 0.1) is 12.7 Å². The van der Waals surface area contributed by atoms with Crippen molar-refractivity contribution in [1.29, 1.82) is 0 Å². The summed E-state index contributed by atoms with van der Waals surface area (Å²) in [5.41, 5.74) is 8.69. The summed E-state index contributed by atoms with van der Waals surface area (Å²) in [6, 6.07) is 0. The molecule has 0 radical (unpaired) electrons. The fourth-order valence-electron chi connectivity index (χ4n) is 2.69. The minimum atomic E-state index is -0.443. The van der Waals surface area contributed by atoms with Gasteiger partial charge >= 0.3 is 5.97 Å². The maximum Gasteiger partial charge on any atom is 0.333 e. The molecule has 2 unspecified atom stereocenters. The zero-order valence-electron chi connectivity index (χ0n) is 19.0. The third-order valence-corrected chi connectivity index (χ3v) is 4.23. The van der Waals surface area contributed by atoms with E-state index in [1.807, 2.05) is 13.0 Å². The first-order chi connectivity index (χ1) is 15.0. The molecular weight excluding hydrogens is 394 g/mol. The van der Waals surface area contributed by atoms with E-state index in [2.05, 4.69) is 30.1 Å². The van der Waals surface area contributed by atoms with E-state index in [1.54, 1.807) is 37.4 Å². The summed E-state index contributed by atoms with van der Waals surface area (Å²) in [6.45, 7) is 9.61. The van der Waals surface area contributed by atoms with Crippen molar-refractivity contribution in [1.82, 2.24) is 5.43 Å². The number of nitrogens with one attached hydrogen (secondary N) is 1. The van der Waals surface area contributed by atoms with Gasteiger partial charge in [0.15, 0.2) is 6.29 Å². The van der Waals surface area contributed by atoms with Crippen molar-refractivity contribution in [3.8, 4) is 0 Å². The van der Waals surface area contributed by atoms with Gasteiger partial charge in [-0.3, -0.25) is 10.2 Å². The lowest BCUT2D eigenvalue weighted by Gasteiger charge is -2.26.